The summed E-state index contributed by atoms with van der Waals surface area (Å²) in [5, 5.41) is 5.43. The van der Waals surface area contributed by atoms with Gasteiger partial charge < -0.3 is 9.84 Å². The van der Waals surface area contributed by atoms with E-state index in [-0.39, 0.29) is 23.1 Å². The third-order valence-corrected chi connectivity index (χ3v) is 3.97. The van der Waals surface area contributed by atoms with Crippen molar-refractivity contribution in [3.8, 4) is 11.3 Å². The number of hydrogen-bond donors (Lipinski definition) is 1. The predicted octanol–water partition coefficient (Wildman–Crippen LogP) is 5.84. The Hall–Kier alpha value is -3.44. The van der Waals surface area contributed by atoms with Crippen molar-refractivity contribution in [2.24, 2.45) is 0 Å². The van der Waals surface area contributed by atoms with E-state index in [1.54, 1.807) is 0 Å². The summed E-state index contributed by atoms with van der Waals surface area (Å²) in [7, 11) is 0. The maximum atomic E-state index is 13.8. The second kappa shape index (κ2) is 8.00. The summed E-state index contributed by atoms with van der Waals surface area (Å²) in [5.74, 6) is -2.94. The molecule has 0 aliphatic rings. The molecule has 1 heterocycles. The van der Waals surface area contributed by atoms with Crippen molar-refractivity contribution in [1.29, 1.82) is 0 Å². The maximum absolute atomic E-state index is 13.8. The minimum absolute atomic E-state index is 0.0726. The lowest BCUT2D eigenvalue weighted by Gasteiger charge is -2.14. The molecule has 0 saturated heterocycles. The van der Waals surface area contributed by atoms with Crippen LogP contribution in [0.4, 0.5) is 40.8 Å². The van der Waals surface area contributed by atoms with Gasteiger partial charge in [0, 0.05) is 17.8 Å². The number of amides is 1. The molecule has 0 saturated carbocycles. The molecule has 0 spiro atoms. The number of carbonyl (C=O) groups is 1. The highest BCUT2D eigenvalue weighted by Gasteiger charge is 2.37. The van der Waals surface area contributed by atoms with Gasteiger partial charge in [0.25, 0.3) is 0 Å². The number of nitrogens with zero attached hydrogens (tertiary/aromatic N) is 1. The fourth-order valence-electron chi connectivity index (χ4n) is 2.61. The van der Waals surface area contributed by atoms with Crippen LogP contribution < -0.4 is 5.32 Å². The highest BCUT2D eigenvalue weighted by molar-refractivity contribution is 5.92. The van der Waals surface area contributed by atoms with Gasteiger partial charge >= 0.3 is 12.4 Å². The summed E-state index contributed by atoms with van der Waals surface area (Å²) in [4.78, 5) is 12.1. The van der Waals surface area contributed by atoms with Crippen LogP contribution in [0.3, 0.4) is 0 Å². The molecule has 0 bridgehead atoms. The Kier molecular flexibility index (Phi) is 5.74. The summed E-state index contributed by atoms with van der Waals surface area (Å²) < 4.78 is 109. The van der Waals surface area contributed by atoms with Crippen molar-refractivity contribution in [2.75, 3.05) is 5.32 Å². The van der Waals surface area contributed by atoms with Crippen LogP contribution in [0.2, 0.25) is 0 Å². The van der Waals surface area contributed by atoms with Gasteiger partial charge in [0.05, 0.1) is 28.8 Å². The van der Waals surface area contributed by atoms with Crippen LogP contribution in [0, 0.1) is 11.6 Å². The summed E-state index contributed by atoms with van der Waals surface area (Å²) in [6.07, 6.45) is -10.7. The summed E-state index contributed by atoms with van der Waals surface area (Å²) >= 11 is 0. The van der Waals surface area contributed by atoms with E-state index < -0.39 is 53.1 Å². The van der Waals surface area contributed by atoms with Gasteiger partial charge in [-0.2, -0.15) is 26.3 Å². The molecule has 4 nitrogen and oxygen atoms in total. The lowest BCUT2D eigenvalue weighted by atomic mass is 10.1. The average Bonchev–Trinajstić information content (AvgIpc) is 3.07. The summed E-state index contributed by atoms with van der Waals surface area (Å²) in [5.41, 5.74) is -4.14. The van der Waals surface area contributed by atoms with E-state index in [0.717, 1.165) is 18.2 Å². The standard InChI is InChI=1S/C19H10F8N2O2/c20-11-1-2-14(15(21)6-11)16-7-13(29-31-16)8-17(30)28-12-4-9(18(22,23)24)3-10(5-12)19(25,26)27/h1-7H,8H2,(H,28,30). The molecule has 3 aromatic rings. The first-order valence-corrected chi connectivity index (χ1v) is 8.33. The molecule has 0 aliphatic heterocycles. The molecule has 0 fully saturated rings. The Morgan fingerprint density at radius 2 is 1.52 bits per heavy atom. The van der Waals surface area contributed by atoms with Crippen LogP contribution in [0.1, 0.15) is 16.8 Å². The second-order valence-corrected chi connectivity index (χ2v) is 6.33. The monoisotopic (exact) mass is 450 g/mol. The summed E-state index contributed by atoms with van der Waals surface area (Å²) in [6, 6.07) is 4.39. The zero-order valence-corrected chi connectivity index (χ0v) is 15.0. The highest BCUT2D eigenvalue weighted by atomic mass is 19.4. The van der Waals surface area contributed by atoms with E-state index in [1.807, 2.05) is 5.32 Å². The Morgan fingerprint density at radius 3 is 2.06 bits per heavy atom. The fraction of sp³-hybridized carbons (Fsp3) is 0.158. The first-order valence-electron chi connectivity index (χ1n) is 8.33. The van der Waals surface area contributed by atoms with Crippen molar-refractivity contribution in [1.82, 2.24) is 5.16 Å². The third kappa shape index (κ3) is 5.38. The first-order chi connectivity index (χ1) is 14.3. The van der Waals surface area contributed by atoms with Crippen molar-refractivity contribution < 1.29 is 44.4 Å². The number of hydrogen-bond acceptors (Lipinski definition) is 3. The van der Waals surface area contributed by atoms with Gasteiger partial charge in [-0.05, 0) is 30.3 Å². The van der Waals surface area contributed by atoms with Crippen molar-refractivity contribution in [2.45, 2.75) is 18.8 Å². The Morgan fingerprint density at radius 1 is 0.903 bits per heavy atom. The molecule has 0 aliphatic carbocycles. The van der Waals surface area contributed by atoms with Crippen LogP contribution >= 0.6 is 0 Å². The third-order valence-electron chi connectivity index (χ3n) is 3.97. The molecule has 3 rings (SSSR count). The fourth-order valence-corrected chi connectivity index (χ4v) is 2.61. The van der Waals surface area contributed by atoms with Crippen LogP contribution in [-0.4, -0.2) is 11.1 Å². The van der Waals surface area contributed by atoms with Gasteiger partial charge in [-0.3, -0.25) is 4.79 Å². The van der Waals surface area contributed by atoms with Gasteiger partial charge in [-0.25, -0.2) is 8.78 Å². The Labute approximate surface area is 168 Å². The Balaban J connectivity index is 1.79. The molecule has 0 atom stereocenters. The van der Waals surface area contributed by atoms with Gasteiger partial charge in [-0.1, -0.05) is 5.16 Å². The summed E-state index contributed by atoms with van der Waals surface area (Å²) in [6.45, 7) is 0. The second-order valence-electron chi connectivity index (χ2n) is 6.33. The number of anilines is 1. The number of halogens is 8. The average molecular weight is 450 g/mol. The Bertz CT molecular complexity index is 1090. The normalized spacial score (nSPS) is 12.1. The molecular formula is C19H10F8N2O2. The number of aromatic nitrogens is 1. The molecule has 0 radical (unpaired) electrons. The van der Waals surface area contributed by atoms with E-state index in [9.17, 15) is 39.9 Å². The van der Waals surface area contributed by atoms with Crippen molar-refractivity contribution >= 4 is 11.6 Å². The van der Waals surface area contributed by atoms with Crippen LogP contribution in [0.25, 0.3) is 11.3 Å². The molecule has 0 unspecified atom stereocenters. The lowest BCUT2D eigenvalue weighted by molar-refractivity contribution is -0.143. The van der Waals surface area contributed by atoms with Gasteiger partial charge in [-0.15, -0.1) is 0 Å². The molecule has 1 amide bonds. The molecule has 12 heteroatoms. The smallest absolute Gasteiger partial charge is 0.356 e. The molecule has 164 valence electrons. The zero-order valence-electron chi connectivity index (χ0n) is 15.0. The molecule has 1 aromatic heterocycles. The van der Waals surface area contributed by atoms with Crippen LogP contribution in [0.15, 0.2) is 47.0 Å². The molecule has 2 aromatic carbocycles. The van der Waals surface area contributed by atoms with E-state index >= 15 is 0 Å². The molecule has 1 N–H and O–H groups in total. The number of benzene rings is 2. The van der Waals surface area contributed by atoms with Gasteiger partial charge in [0.2, 0.25) is 5.91 Å². The first kappa shape index (κ1) is 22.2. The van der Waals surface area contributed by atoms with E-state index in [1.165, 1.54) is 0 Å². The quantitative estimate of drug-likeness (QED) is 0.509. The molecular weight excluding hydrogens is 440 g/mol. The highest BCUT2D eigenvalue weighted by Crippen LogP contribution is 2.37. The van der Waals surface area contributed by atoms with Crippen molar-refractivity contribution in [3.63, 3.8) is 0 Å². The van der Waals surface area contributed by atoms with E-state index in [4.69, 9.17) is 4.52 Å². The SMILES string of the molecule is O=C(Cc1cc(-c2ccc(F)cc2F)on1)Nc1cc(C(F)(F)F)cc(C(F)(F)F)c1. The topological polar surface area (TPSA) is 55.1 Å². The minimum atomic E-state index is -5.07. The number of nitrogens with one attached hydrogen (secondary N) is 1. The number of carbonyl (C=O) groups excluding carboxylic acids is 1. The van der Waals surface area contributed by atoms with E-state index in [2.05, 4.69) is 5.16 Å². The van der Waals surface area contributed by atoms with Crippen molar-refractivity contribution in [3.05, 3.63) is 70.9 Å². The maximum Gasteiger partial charge on any atom is 0.416 e. The van der Waals surface area contributed by atoms with E-state index in [0.29, 0.717) is 18.2 Å². The molecule has 31 heavy (non-hydrogen) atoms. The van der Waals surface area contributed by atoms with Gasteiger partial charge in [0.1, 0.15) is 11.6 Å². The van der Waals surface area contributed by atoms with Crippen LogP contribution in [-0.2, 0) is 23.6 Å². The zero-order chi connectivity index (χ0) is 23.0. The predicted molar refractivity (Wildman–Crippen MR) is 90.6 cm³/mol. The minimum Gasteiger partial charge on any atom is -0.356 e. The number of rotatable bonds is 4. The number of alkyl halides is 6. The van der Waals surface area contributed by atoms with Gasteiger partial charge in [0.15, 0.2) is 5.76 Å². The van der Waals surface area contributed by atoms with Crippen LogP contribution in [0.5, 0.6) is 0 Å². The lowest BCUT2D eigenvalue weighted by Crippen LogP contribution is -2.17. The largest absolute Gasteiger partial charge is 0.416 e.